The number of amides is 1. The van der Waals surface area contributed by atoms with E-state index in [1.54, 1.807) is 24.3 Å². The molecule has 5 heteroatoms. The molecule has 0 bridgehead atoms. The standard InChI is InChI=1S/C22H22N2O2S/c1-5-13-24-19-12-9-17(15(3)4)14-20(19)27-22(24)23-21(25)16-7-10-18(11-8-16)26-6-2/h1,7-12,14-15H,6,13H2,2-4H3. The van der Waals surface area contributed by atoms with E-state index in [-0.39, 0.29) is 5.91 Å². The van der Waals surface area contributed by atoms with Crippen LogP contribution in [0.5, 0.6) is 5.75 Å². The lowest BCUT2D eigenvalue weighted by atomic mass is 10.0. The first kappa shape index (κ1) is 18.9. The third kappa shape index (κ3) is 4.12. The molecule has 2 aromatic carbocycles. The predicted molar refractivity (Wildman–Crippen MR) is 110 cm³/mol. The summed E-state index contributed by atoms with van der Waals surface area (Å²) >= 11 is 1.48. The van der Waals surface area contributed by atoms with Gasteiger partial charge >= 0.3 is 0 Å². The van der Waals surface area contributed by atoms with Gasteiger partial charge in [-0.2, -0.15) is 4.99 Å². The summed E-state index contributed by atoms with van der Waals surface area (Å²) in [5.41, 5.74) is 2.77. The van der Waals surface area contributed by atoms with Crippen molar-refractivity contribution in [2.24, 2.45) is 4.99 Å². The molecule has 138 valence electrons. The normalized spacial score (nSPS) is 11.7. The van der Waals surface area contributed by atoms with E-state index < -0.39 is 0 Å². The minimum atomic E-state index is -0.292. The second kappa shape index (κ2) is 8.24. The summed E-state index contributed by atoms with van der Waals surface area (Å²) in [6.45, 7) is 7.20. The fraction of sp³-hybridized carbons (Fsp3) is 0.273. The second-order valence-corrected chi connectivity index (χ2v) is 7.44. The molecular formula is C22H22N2O2S. The van der Waals surface area contributed by atoms with Gasteiger partial charge in [0, 0.05) is 5.56 Å². The third-order valence-corrected chi connectivity index (χ3v) is 5.27. The summed E-state index contributed by atoms with van der Waals surface area (Å²) in [6, 6.07) is 13.3. The van der Waals surface area contributed by atoms with Crippen LogP contribution in [0.15, 0.2) is 47.5 Å². The van der Waals surface area contributed by atoms with Crippen LogP contribution in [-0.4, -0.2) is 17.1 Å². The largest absolute Gasteiger partial charge is 0.494 e. The highest BCUT2D eigenvalue weighted by molar-refractivity contribution is 7.16. The zero-order chi connectivity index (χ0) is 19.4. The van der Waals surface area contributed by atoms with Gasteiger partial charge in [-0.25, -0.2) is 0 Å². The molecule has 0 radical (unpaired) electrons. The molecule has 0 aliphatic rings. The molecule has 1 heterocycles. The van der Waals surface area contributed by atoms with Crippen molar-refractivity contribution in [2.75, 3.05) is 6.61 Å². The summed E-state index contributed by atoms with van der Waals surface area (Å²) < 4.78 is 8.41. The number of fused-ring (bicyclic) bond motifs is 1. The number of thiazole rings is 1. The zero-order valence-corrected chi connectivity index (χ0v) is 16.5. The SMILES string of the molecule is C#CCn1c(=NC(=O)c2ccc(OCC)cc2)sc2cc(C(C)C)ccc21. The van der Waals surface area contributed by atoms with E-state index >= 15 is 0 Å². The van der Waals surface area contributed by atoms with Crippen molar-refractivity contribution in [1.82, 2.24) is 4.57 Å². The quantitative estimate of drug-likeness (QED) is 0.609. The van der Waals surface area contributed by atoms with Gasteiger partial charge in [-0.15, -0.1) is 6.42 Å². The Kier molecular flexibility index (Phi) is 5.78. The van der Waals surface area contributed by atoms with Gasteiger partial charge in [-0.3, -0.25) is 4.79 Å². The topological polar surface area (TPSA) is 43.6 Å². The number of hydrogen-bond donors (Lipinski definition) is 0. The van der Waals surface area contributed by atoms with E-state index in [1.165, 1.54) is 16.9 Å². The van der Waals surface area contributed by atoms with Crippen molar-refractivity contribution in [1.29, 1.82) is 0 Å². The van der Waals surface area contributed by atoms with Crippen LogP contribution >= 0.6 is 11.3 Å². The van der Waals surface area contributed by atoms with Gasteiger partial charge < -0.3 is 9.30 Å². The maximum absolute atomic E-state index is 12.6. The number of ether oxygens (including phenoxy) is 1. The Morgan fingerprint density at radius 3 is 2.63 bits per heavy atom. The molecule has 0 atom stereocenters. The lowest BCUT2D eigenvalue weighted by molar-refractivity contribution is 0.0998. The predicted octanol–water partition coefficient (Wildman–Crippen LogP) is 4.60. The molecule has 0 aliphatic heterocycles. The van der Waals surface area contributed by atoms with Crippen molar-refractivity contribution in [2.45, 2.75) is 33.2 Å². The van der Waals surface area contributed by atoms with Gasteiger partial charge in [0.05, 0.1) is 23.4 Å². The number of hydrogen-bond acceptors (Lipinski definition) is 3. The Morgan fingerprint density at radius 1 is 1.26 bits per heavy atom. The average Bonchev–Trinajstić information content (AvgIpc) is 2.99. The Bertz CT molecular complexity index is 1070. The Balaban J connectivity index is 2.04. The molecule has 27 heavy (non-hydrogen) atoms. The molecular weight excluding hydrogens is 356 g/mol. The second-order valence-electron chi connectivity index (χ2n) is 6.43. The van der Waals surface area contributed by atoms with E-state index in [0.29, 0.717) is 29.4 Å². The number of terminal acetylenes is 1. The summed E-state index contributed by atoms with van der Waals surface area (Å²) in [6.07, 6.45) is 5.54. The summed E-state index contributed by atoms with van der Waals surface area (Å²) in [5.74, 6) is 3.53. The van der Waals surface area contributed by atoms with E-state index in [1.807, 2.05) is 11.5 Å². The molecule has 0 spiro atoms. The zero-order valence-electron chi connectivity index (χ0n) is 15.7. The third-order valence-electron chi connectivity index (χ3n) is 4.23. The molecule has 1 aromatic heterocycles. The number of rotatable bonds is 5. The first-order valence-corrected chi connectivity index (χ1v) is 9.73. The maximum Gasteiger partial charge on any atom is 0.279 e. The Hall–Kier alpha value is -2.84. The Morgan fingerprint density at radius 2 is 2.00 bits per heavy atom. The molecule has 0 aliphatic carbocycles. The van der Waals surface area contributed by atoms with Gasteiger partial charge in [0.25, 0.3) is 5.91 Å². The molecule has 1 amide bonds. The molecule has 0 saturated heterocycles. The number of benzene rings is 2. The van der Waals surface area contributed by atoms with Gasteiger partial charge in [0.1, 0.15) is 5.75 Å². The van der Waals surface area contributed by atoms with Crippen molar-refractivity contribution in [3.8, 4) is 18.1 Å². The molecule has 0 saturated carbocycles. The first-order chi connectivity index (χ1) is 13.0. The highest BCUT2D eigenvalue weighted by atomic mass is 32.1. The van der Waals surface area contributed by atoms with Crippen LogP contribution in [0.25, 0.3) is 10.2 Å². The fourth-order valence-electron chi connectivity index (χ4n) is 2.79. The van der Waals surface area contributed by atoms with E-state index in [9.17, 15) is 4.79 Å². The monoisotopic (exact) mass is 378 g/mol. The van der Waals surface area contributed by atoms with Gasteiger partial charge in [-0.1, -0.05) is 37.2 Å². The van der Waals surface area contributed by atoms with Gasteiger partial charge in [0.2, 0.25) is 0 Å². The van der Waals surface area contributed by atoms with E-state index in [0.717, 1.165) is 16.0 Å². The maximum atomic E-state index is 12.6. The number of carbonyl (C=O) groups excluding carboxylic acids is 1. The molecule has 0 fully saturated rings. The van der Waals surface area contributed by atoms with Crippen LogP contribution in [-0.2, 0) is 6.54 Å². The molecule has 3 aromatic rings. The minimum absolute atomic E-state index is 0.292. The fourth-order valence-corrected chi connectivity index (χ4v) is 3.87. The Labute approximate surface area is 163 Å². The van der Waals surface area contributed by atoms with Crippen molar-refractivity contribution in [3.63, 3.8) is 0 Å². The van der Waals surface area contributed by atoms with Crippen LogP contribution < -0.4 is 9.54 Å². The summed E-state index contributed by atoms with van der Waals surface area (Å²) in [5, 5.41) is 0. The van der Waals surface area contributed by atoms with Crippen LogP contribution in [0.1, 0.15) is 42.6 Å². The minimum Gasteiger partial charge on any atom is -0.494 e. The van der Waals surface area contributed by atoms with Crippen LogP contribution in [0.3, 0.4) is 0 Å². The van der Waals surface area contributed by atoms with Crippen molar-refractivity contribution >= 4 is 27.5 Å². The van der Waals surface area contributed by atoms with E-state index in [2.05, 4.69) is 43.0 Å². The summed E-state index contributed by atoms with van der Waals surface area (Å²) in [7, 11) is 0. The highest BCUT2D eigenvalue weighted by Crippen LogP contribution is 2.23. The van der Waals surface area contributed by atoms with Crippen molar-refractivity contribution in [3.05, 3.63) is 58.4 Å². The molecule has 0 unspecified atom stereocenters. The summed E-state index contributed by atoms with van der Waals surface area (Å²) in [4.78, 5) is 17.6. The number of carbonyl (C=O) groups is 1. The first-order valence-electron chi connectivity index (χ1n) is 8.92. The van der Waals surface area contributed by atoms with Crippen LogP contribution in [0.4, 0.5) is 0 Å². The number of nitrogens with zero attached hydrogens (tertiary/aromatic N) is 2. The highest BCUT2D eigenvalue weighted by Gasteiger charge is 2.10. The smallest absolute Gasteiger partial charge is 0.279 e. The molecule has 3 rings (SSSR count). The van der Waals surface area contributed by atoms with Crippen molar-refractivity contribution < 1.29 is 9.53 Å². The number of aromatic nitrogens is 1. The average molecular weight is 378 g/mol. The van der Waals surface area contributed by atoms with Gasteiger partial charge in [-0.05, 0) is 54.8 Å². The van der Waals surface area contributed by atoms with E-state index in [4.69, 9.17) is 11.2 Å². The lowest BCUT2D eigenvalue weighted by Gasteiger charge is -2.05. The van der Waals surface area contributed by atoms with Crippen LogP contribution in [0, 0.1) is 12.3 Å². The molecule has 4 nitrogen and oxygen atoms in total. The molecule has 0 N–H and O–H groups in total. The van der Waals surface area contributed by atoms with Gasteiger partial charge in [0.15, 0.2) is 4.80 Å². The lowest BCUT2D eigenvalue weighted by Crippen LogP contribution is -2.16. The van der Waals surface area contributed by atoms with Crippen LogP contribution in [0.2, 0.25) is 0 Å².